The monoisotopic (exact) mass is 258 g/mol. The molecule has 0 bridgehead atoms. The second-order valence-corrected chi connectivity index (χ2v) is 4.80. The van der Waals surface area contributed by atoms with Crippen molar-refractivity contribution in [3.05, 3.63) is 70.2 Å². The Hall–Kier alpha value is -1.60. The van der Waals surface area contributed by atoms with E-state index in [1.165, 1.54) is 5.56 Å². The minimum Gasteiger partial charge on any atom is -0.294 e. The standard InChI is InChI=1S/C16H15ClO/c1-12-7-9-14(15(17)11-12)16(18)10-8-13-5-3-2-4-6-13/h2-7,9,11H,8,10H2,1H3. The third kappa shape index (κ3) is 3.21. The Balaban J connectivity index is 2.04. The number of carbonyl (C=O) groups excluding carboxylic acids is 1. The summed E-state index contributed by atoms with van der Waals surface area (Å²) in [4.78, 5) is 12.1. The van der Waals surface area contributed by atoms with Crippen molar-refractivity contribution in [3.63, 3.8) is 0 Å². The summed E-state index contributed by atoms with van der Waals surface area (Å²) >= 11 is 6.09. The van der Waals surface area contributed by atoms with Crippen molar-refractivity contribution >= 4 is 17.4 Å². The molecule has 2 aromatic carbocycles. The van der Waals surface area contributed by atoms with Crippen LogP contribution in [0.1, 0.15) is 27.9 Å². The largest absolute Gasteiger partial charge is 0.294 e. The number of carbonyl (C=O) groups is 1. The lowest BCUT2D eigenvalue weighted by Gasteiger charge is -2.05. The molecule has 1 nitrogen and oxygen atoms in total. The van der Waals surface area contributed by atoms with Gasteiger partial charge < -0.3 is 0 Å². The van der Waals surface area contributed by atoms with E-state index in [0.717, 1.165) is 12.0 Å². The molecule has 0 unspecified atom stereocenters. The fourth-order valence-corrected chi connectivity index (χ4v) is 2.22. The lowest BCUT2D eigenvalue weighted by molar-refractivity contribution is 0.0983. The van der Waals surface area contributed by atoms with Gasteiger partial charge in [-0.3, -0.25) is 4.79 Å². The van der Waals surface area contributed by atoms with E-state index in [4.69, 9.17) is 11.6 Å². The first-order chi connectivity index (χ1) is 8.66. The van der Waals surface area contributed by atoms with Gasteiger partial charge in [-0.1, -0.05) is 48.0 Å². The van der Waals surface area contributed by atoms with Gasteiger partial charge in [0.1, 0.15) is 0 Å². The van der Waals surface area contributed by atoms with Crippen molar-refractivity contribution in [1.29, 1.82) is 0 Å². The lowest BCUT2D eigenvalue weighted by atomic mass is 10.0. The lowest BCUT2D eigenvalue weighted by Crippen LogP contribution is -2.02. The number of ketones is 1. The maximum atomic E-state index is 12.1. The van der Waals surface area contributed by atoms with Gasteiger partial charge in [0.15, 0.2) is 5.78 Å². The Morgan fingerprint density at radius 1 is 1.11 bits per heavy atom. The molecule has 0 aliphatic heterocycles. The van der Waals surface area contributed by atoms with Gasteiger partial charge >= 0.3 is 0 Å². The van der Waals surface area contributed by atoms with Gasteiger partial charge in [-0.2, -0.15) is 0 Å². The maximum Gasteiger partial charge on any atom is 0.164 e. The second kappa shape index (κ2) is 5.83. The molecule has 0 aromatic heterocycles. The van der Waals surface area contributed by atoms with E-state index in [2.05, 4.69) is 0 Å². The Bertz CT molecular complexity index is 546. The highest BCUT2D eigenvalue weighted by molar-refractivity contribution is 6.34. The van der Waals surface area contributed by atoms with Crippen LogP contribution in [0.5, 0.6) is 0 Å². The van der Waals surface area contributed by atoms with E-state index in [-0.39, 0.29) is 5.78 Å². The molecule has 0 N–H and O–H groups in total. The average Bonchev–Trinajstić information content (AvgIpc) is 2.37. The Morgan fingerprint density at radius 2 is 1.83 bits per heavy atom. The summed E-state index contributed by atoms with van der Waals surface area (Å²) in [5.41, 5.74) is 2.87. The van der Waals surface area contributed by atoms with Gasteiger partial charge in [0.05, 0.1) is 5.02 Å². The third-order valence-electron chi connectivity index (χ3n) is 2.91. The van der Waals surface area contributed by atoms with Crippen molar-refractivity contribution in [3.8, 4) is 0 Å². The molecule has 0 aliphatic rings. The van der Waals surface area contributed by atoms with E-state index < -0.39 is 0 Å². The average molecular weight is 259 g/mol. The van der Waals surface area contributed by atoms with Crippen LogP contribution < -0.4 is 0 Å². The van der Waals surface area contributed by atoms with E-state index in [1.807, 2.05) is 55.5 Å². The van der Waals surface area contributed by atoms with Gasteiger partial charge in [-0.25, -0.2) is 0 Å². The number of hydrogen-bond donors (Lipinski definition) is 0. The number of hydrogen-bond acceptors (Lipinski definition) is 1. The molecule has 0 radical (unpaired) electrons. The van der Waals surface area contributed by atoms with Crippen LogP contribution in [-0.4, -0.2) is 5.78 Å². The van der Waals surface area contributed by atoms with Crippen molar-refractivity contribution in [1.82, 2.24) is 0 Å². The fraction of sp³-hybridized carbons (Fsp3) is 0.188. The summed E-state index contributed by atoms with van der Waals surface area (Å²) in [6.45, 7) is 1.96. The molecule has 0 saturated carbocycles. The summed E-state index contributed by atoms with van der Waals surface area (Å²) < 4.78 is 0. The maximum absolute atomic E-state index is 12.1. The van der Waals surface area contributed by atoms with Gasteiger partial charge in [0, 0.05) is 12.0 Å². The molecule has 2 aromatic rings. The Morgan fingerprint density at radius 3 is 2.50 bits per heavy atom. The molecule has 0 aliphatic carbocycles. The van der Waals surface area contributed by atoms with Crippen LogP contribution in [0.15, 0.2) is 48.5 Å². The van der Waals surface area contributed by atoms with Crippen molar-refractivity contribution < 1.29 is 4.79 Å². The van der Waals surface area contributed by atoms with Gasteiger partial charge in [-0.15, -0.1) is 0 Å². The van der Waals surface area contributed by atoms with Gasteiger partial charge in [-0.05, 0) is 36.6 Å². The Kier molecular flexibility index (Phi) is 4.16. The van der Waals surface area contributed by atoms with E-state index in [0.29, 0.717) is 17.0 Å². The second-order valence-electron chi connectivity index (χ2n) is 4.39. The van der Waals surface area contributed by atoms with Crippen molar-refractivity contribution in [2.45, 2.75) is 19.8 Å². The van der Waals surface area contributed by atoms with Crippen LogP contribution in [0.3, 0.4) is 0 Å². The van der Waals surface area contributed by atoms with Gasteiger partial charge in [0.2, 0.25) is 0 Å². The van der Waals surface area contributed by atoms with Crippen LogP contribution in [0.25, 0.3) is 0 Å². The fourth-order valence-electron chi connectivity index (χ4n) is 1.88. The van der Waals surface area contributed by atoms with Crippen LogP contribution in [-0.2, 0) is 6.42 Å². The summed E-state index contributed by atoms with van der Waals surface area (Å²) in [7, 11) is 0. The molecule has 2 heteroatoms. The van der Waals surface area contributed by atoms with E-state index in [9.17, 15) is 4.79 Å². The highest BCUT2D eigenvalue weighted by atomic mass is 35.5. The van der Waals surface area contributed by atoms with E-state index in [1.54, 1.807) is 0 Å². The number of benzene rings is 2. The molecule has 0 saturated heterocycles. The molecule has 92 valence electrons. The first kappa shape index (κ1) is 12.8. The normalized spacial score (nSPS) is 10.3. The Labute approximate surface area is 112 Å². The van der Waals surface area contributed by atoms with Crippen molar-refractivity contribution in [2.24, 2.45) is 0 Å². The molecular formula is C16H15ClO. The summed E-state index contributed by atoms with van der Waals surface area (Å²) in [5.74, 6) is 0.101. The SMILES string of the molecule is Cc1ccc(C(=O)CCc2ccccc2)c(Cl)c1. The predicted octanol–water partition coefficient (Wildman–Crippen LogP) is 4.46. The molecule has 0 atom stereocenters. The topological polar surface area (TPSA) is 17.1 Å². The van der Waals surface area contributed by atoms with Crippen LogP contribution in [0.4, 0.5) is 0 Å². The molecular weight excluding hydrogens is 244 g/mol. The number of halogens is 1. The highest BCUT2D eigenvalue weighted by Gasteiger charge is 2.10. The minimum absolute atomic E-state index is 0.101. The minimum atomic E-state index is 0.101. The number of Topliss-reactive ketones (excluding diaryl/α,β-unsaturated/α-hetero) is 1. The molecule has 0 spiro atoms. The smallest absolute Gasteiger partial charge is 0.164 e. The molecule has 2 rings (SSSR count). The number of rotatable bonds is 4. The summed E-state index contributed by atoms with van der Waals surface area (Å²) in [5, 5.41) is 0.549. The van der Waals surface area contributed by atoms with E-state index >= 15 is 0 Å². The third-order valence-corrected chi connectivity index (χ3v) is 3.22. The molecule has 18 heavy (non-hydrogen) atoms. The molecule has 0 amide bonds. The summed E-state index contributed by atoms with van der Waals surface area (Å²) in [6.07, 6.45) is 1.25. The van der Waals surface area contributed by atoms with Crippen LogP contribution in [0, 0.1) is 6.92 Å². The first-order valence-electron chi connectivity index (χ1n) is 6.00. The quantitative estimate of drug-likeness (QED) is 0.740. The highest BCUT2D eigenvalue weighted by Crippen LogP contribution is 2.19. The summed E-state index contributed by atoms with van der Waals surface area (Å²) in [6, 6.07) is 15.6. The zero-order valence-electron chi connectivity index (χ0n) is 10.3. The van der Waals surface area contributed by atoms with Crippen LogP contribution in [0.2, 0.25) is 5.02 Å². The van der Waals surface area contributed by atoms with Crippen LogP contribution >= 0.6 is 11.6 Å². The molecule has 0 heterocycles. The zero-order valence-corrected chi connectivity index (χ0v) is 11.1. The van der Waals surface area contributed by atoms with Gasteiger partial charge in [0.25, 0.3) is 0 Å². The molecule has 0 fully saturated rings. The predicted molar refractivity (Wildman–Crippen MR) is 75.3 cm³/mol. The van der Waals surface area contributed by atoms with Crippen molar-refractivity contribution in [2.75, 3.05) is 0 Å². The zero-order chi connectivity index (χ0) is 13.0. The first-order valence-corrected chi connectivity index (χ1v) is 6.38. The number of aryl methyl sites for hydroxylation is 2.